The SMILES string of the molecule is C=CCOc1ccc(C(=O)OCC(=O)Nc2cccc(S(=O)(=O)N(C)C)c2)cc1. The molecule has 1 amide bonds. The van der Waals surface area contributed by atoms with Gasteiger partial charge in [-0.1, -0.05) is 18.7 Å². The van der Waals surface area contributed by atoms with Crippen LogP contribution in [-0.2, 0) is 19.6 Å². The molecule has 29 heavy (non-hydrogen) atoms. The van der Waals surface area contributed by atoms with Gasteiger partial charge in [0.25, 0.3) is 5.91 Å². The summed E-state index contributed by atoms with van der Waals surface area (Å²) in [5.41, 5.74) is 0.542. The molecule has 0 atom stereocenters. The third-order valence-electron chi connectivity index (χ3n) is 3.69. The van der Waals surface area contributed by atoms with Gasteiger partial charge in [0.2, 0.25) is 10.0 Å². The van der Waals surface area contributed by atoms with Gasteiger partial charge in [-0.3, -0.25) is 4.79 Å². The summed E-state index contributed by atoms with van der Waals surface area (Å²) in [5, 5.41) is 2.50. The Hall–Kier alpha value is -3.17. The van der Waals surface area contributed by atoms with Gasteiger partial charge in [-0.2, -0.15) is 0 Å². The van der Waals surface area contributed by atoms with Crippen LogP contribution in [0.25, 0.3) is 0 Å². The Bertz CT molecular complexity index is 984. The topological polar surface area (TPSA) is 102 Å². The fourth-order valence-corrected chi connectivity index (χ4v) is 3.15. The van der Waals surface area contributed by atoms with Crippen LogP contribution in [0.5, 0.6) is 5.75 Å². The van der Waals surface area contributed by atoms with E-state index < -0.39 is 28.5 Å². The lowest BCUT2D eigenvalue weighted by Crippen LogP contribution is -2.23. The van der Waals surface area contributed by atoms with Crippen LogP contribution in [0.15, 0.2) is 66.1 Å². The number of hydrogen-bond donors (Lipinski definition) is 1. The average Bonchev–Trinajstić information content (AvgIpc) is 2.71. The Morgan fingerprint density at radius 3 is 2.45 bits per heavy atom. The van der Waals surface area contributed by atoms with Crippen LogP contribution >= 0.6 is 0 Å². The molecule has 154 valence electrons. The van der Waals surface area contributed by atoms with Gasteiger partial charge in [-0.15, -0.1) is 0 Å². The molecule has 0 aromatic heterocycles. The summed E-state index contributed by atoms with van der Waals surface area (Å²) in [5.74, 6) is -0.685. The highest BCUT2D eigenvalue weighted by Gasteiger charge is 2.18. The number of sulfonamides is 1. The lowest BCUT2D eigenvalue weighted by atomic mass is 10.2. The number of hydrogen-bond acceptors (Lipinski definition) is 6. The lowest BCUT2D eigenvalue weighted by molar-refractivity contribution is -0.119. The standard InChI is InChI=1S/C20H22N2O6S/c1-4-12-27-17-10-8-15(9-11-17)20(24)28-14-19(23)21-16-6-5-7-18(13-16)29(25,26)22(2)3/h4-11,13H,1,12,14H2,2-3H3,(H,21,23). The number of amides is 1. The Morgan fingerprint density at radius 2 is 1.83 bits per heavy atom. The number of esters is 1. The second-order valence-electron chi connectivity index (χ2n) is 6.06. The third-order valence-corrected chi connectivity index (χ3v) is 5.50. The quantitative estimate of drug-likeness (QED) is 0.495. The first-order valence-corrected chi connectivity index (χ1v) is 10.0. The largest absolute Gasteiger partial charge is 0.490 e. The predicted molar refractivity (Wildman–Crippen MR) is 108 cm³/mol. The average molecular weight is 418 g/mol. The molecule has 0 aliphatic carbocycles. The molecule has 0 saturated carbocycles. The molecular formula is C20H22N2O6S. The van der Waals surface area contributed by atoms with Crippen molar-refractivity contribution in [3.05, 3.63) is 66.7 Å². The number of nitrogens with one attached hydrogen (secondary N) is 1. The maximum atomic E-state index is 12.2. The van der Waals surface area contributed by atoms with Gasteiger partial charge in [0.1, 0.15) is 12.4 Å². The minimum Gasteiger partial charge on any atom is -0.490 e. The molecule has 2 aromatic carbocycles. The zero-order chi connectivity index (χ0) is 21.4. The van der Waals surface area contributed by atoms with Gasteiger partial charge < -0.3 is 14.8 Å². The van der Waals surface area contributed by atoms with E-state index in [-0.39, 0.29) is 16.1 Å². The molecule has 0 heterocycles. The zero-order valence-corrected chi connectivity index (χ0v) is 16.9. The minimum atomic E-state index is -3.63. The van der Waals surface area contributed by atoms with Crippen molar-refractivity contribution in [2.24, 2.45) is 0 Å². The van der Waals surface area contributed by atoms with Gasteiger partial charge in [0, 0.05) is 19.8 Å². The molecule has 0 bridgehead atoms. The molecular weight excluding hydrogens is 396 g/mol. The van der Waals surface area contributed by atoms with Gasteiger partial charge in [0.05, 0.1) is 10.5 Å². The minimum absolute atomic E-state index is 0.0380. The highest BCUT2D eigenvalue weighted by Crippen LogP contribution is 2.18. The van der Waals surface area contributed by atoms with Crippen molar-refractivity contribution in [1.29, 1.82) is 0 Å². The second-order valence-corrected chi connectivity index (χ2v) is 8.22. The van der Waals surface area contributed by atoms with Gasteiger partial charge in [-0.25, -0.2) is 17.5 Å². The molecule has 0 aliphatic rings. The number of nitrogens with zero attached hydrogens (tertiary/aromatic N) is 1. The molecule has 0 aliphatic heterocycles. The Labute approximate surface area is 169 Å². The van der Waals surface area contributed by atoms with Crippen molar-refractivity contribution in [2.45, 2.75) is 4.90 Å². The van der Waals surface area contributed by atoms with Gasteiger partial charge in [0.15, 0.2) is 6.61 Å². The van der Waals surface area contributed by atoms with E-state index in [1.165, 1.54) is 50.5 Å². The fourth-order valence-electron chi connectivity index (χ4n) is 2.20. The normalized spacial score (nSPS) is 11.0. The number of carbonyl (C=O) groups is 2. The Morgan fingerprint density at radius 1 is 1.14 bits per heavy atom. The van der Waals surface area contributed by atoms with Crippen molar-refractivity contribution < 1.29 is 27.5 Å². The molecule has 0 unspecified atom stereocenters. The fraction of sp³-hybridized carbons (Fsp3) is 0.200. The number of benzene rings is 2. The molecule has 1 N–H and O–H groups in total. The van der Waals surface area contributed by atoms with Crippen LogP contribution in [0.4, 0.5) is 5.69 Å². The molecule has 0 spiro atoms. The first-order chi connectivity index (χ1) is 13.7. The summed E-state index contributed by atoms with van der Waals surface area (Å²) in [6.07, 6.45) is 1.60. The maximum absolute atomic E-state index is 12.2. The Balaban J connectivity index is 1.93. The lowest BCUT2D eigenvalue weighted by Gasteiger charge is -2.12. The van der Waals surface area contributed by atoms with Crippen molar-refractivity contribution in [3.8, 4) is 5.75 Å². The first kappa shape index (κ1) is 22.1. The number of ether oxygens (including phenoxy) is 2. The molecule has 2 aromatic rings. The van der Waals surface area contributed by atoms with E-state index in [4.69, 9.17) is 9.47 Å². The van der Waals surface area contributed by atoms with Crippen LogP contribution in [0.1, 0.15) is 10.4 Å². The van der Waals surface area contributed by atoms with E-state index in [9.17, 15) is 18.0 Å². The number of carbonyl (C=O) groups excluding carboxylic acids is 2. The summed E-state index contributed by atoms with van der Waals surface area (Å²) in [6.45, 7) is 3.38. The molecule has 8 nitrogen and oxygen atoms in total. The van der Waals surface area contributed by atoms with Crippen molar-refractivity contribution in [1.82, 2.24) is 4.31 Å². The molecule has 2 rings (SSSR count). The molecule has 9 heteroatoms. The first-order valence-electron chi connectivity index (χ1n) is 8.57. The van der Waals surface area contributed by atoms with Gasteiger partial charge >= 0.3 is 5.97 Å². The smallest absolute Gasteiger partial charge is 0.338 e. The van der Waals surface area contributed by atoms with Crippen molar-refractivity contribution in [2.75, 3.05) is 32.6 Å². The molecule has 0 fully saturated rings. The van der Waals surface area contributed by atoms with Crippen LogP contribution in [0.2, 0.25) is 0 Å². The highest BCUT2D eigenvalue weighted by atomic mass is 32.2. The molecule has 0 saturated heterocycles. The van der Waals surface area contributed by atoms with Gasteiger partial charge in [-0.05, 0) is 42.5 Å². The monoisotopic (exact) mass is 418 g/mol. The van der Waals surface area contributed by atoms with E-state index in [1.807, 2.05) is 0 Å². The van der Waals surface area contributed by atoms with Crippen molar-refractivity contribution in [3.63, 3.8) is 0 Å². The second kappa shape index (κ2) is 9.85. The van der Waals surface area contributed by atoms with Crippen LogP contribution < -0.4 is 10.1 Å². The highest BCUT2D eigenvalue weighted by molar-refractivity contribution is 7.89. The summed E-state index contributed by atoms with van der Waals surface area (Å²) in [7, 11) is -0.796. The Kier molecular flexibility index (Phi) is 7.52. The van der Waals surface area contributed by atoms with E-state index in [2.05, 4.69) is 11.9 Å². The van der Waals surface area contributed by atoms with E-state index in [1.54, 1.807) is 18.2 Å². The van der Waals surface area contributed by atoms with E-state index in [0.29, 0.717) is 12.4 Å². The zero-order valence-electron chi connectivity index (χ0n) is 16.1. The van der Waals surface area contributed by atoms with E-state index >= 15 is 0 Å². The summed E-state index contributed by atoms with van der Waals surface area (Å²) in [6, 6.07) is 12.1. The van der Waals surface area contributed by atoms with Crippen LogP contribution in [-0.4, -0.2) is 51.9 Å². The number of rotatable bonds is 9. The van der Waals surface area contributed by atoms with Crippen LogP contribution in [0.3, 0.4) is 0 Å². The molecule has 0 radical (unpaired) electrons. The van der Waals surface area contributed by atoms with Crippen molar-refractivity contribution >= 4 is 27.6 Å². The summed E-state index contributed by atoms with van der Waals surface area (Å²) in [4.78, 5) is 24.1. The van der Waals surface area contributed by atoms with E-state index in [0.717, 1.165) is 4.31 Å². The summed E-state index contributed by atoms with van der Waals surface area (Å²) >= 11 is 0. The maximum Gasteiger partial charge on any atom is 0.338 e. The van der Waals surface area contributed by atoms with Crippen LogP contribution in [0, 0.1) is 0 Å². The third kappa shape index (κ3) is 6.16. The predicted octanol–water partition coefficient (Wildman–Crippen LogP) is 2.30. The summed E-state index contributed by atoms with van der Waals surface area (Å²) < 4.78 is 35.7. The number of anilines is 1.